The van der Waals surface area contributed by atoms with Crippen molar-refractivity contribution in [2.45, 2.75) is 24.6 Å². The lowest BCUT2D eigenvalue weighted by atomic mass is 10.3. The van der Waals surface area contributed by atoms with Crippen molar-refractivity contribution in [2.75, 3.05) is 6.61 Å². The van der Waals surface area contributed by atoms with Crippen LogP contribution in [0.5, 0.6) is 0 Å². The Morgan fingerprint density at radius 1 is 1.50 bits per heavy atom. The monoisotopic (exact) mass is 210 g/mol. The van der Waals surface area contributed by atoms with E-state index in [9.17, 15) is 4.79 Å². The summed E-state index contributed by atoms with van der Waals surface area (Å²) in [5, 5.41) is -0.855. The van der Waals surface area contributed by atoms with Gasteiger partial charge in [0.1, 0.15) is 5.38 Å². The number of hydrogen-bond donors (Lipinski definition) is 0. The molecule has 0 saturated carbocycles. The summed E-state index contributed by atoms with van der Waals surface area (Å²) in [7, 11) is 0. The Morgan fingerprint density at radius 3 is 2.50 bits per heavy atom. The van der Waals surface area contributed by atoms with Gasteiger partial charge in [-0.15, -0.1) is 23.2 Å². The molecule has 0 fully saturated rings. The molecule has 0 radical (unpaired) electrons. The fourth-order valence-corrected chi connectivity index (χ4v) is 0.782. The zero-order valence-corrected chi connectivity index (χ0v) is 8.60. The number of hydrogen-bond acceptors (Lipinski definition) is 2. The van der Waals surface area contributed by atoms with Gasteiger partial charge in [0.15, 0.2) is 0 Å². The Bertz CT molecular complexity index is 166. The maximum atomic E-state index is 10.9. The van der Waals surface area contributed by atoms with Crippen LogP contribution >= 0.6 is 23.2 Å². The minimum absolute atomic E-state index is 0.124. The van der Waals surface area contributed by atoms with Crippen molar-refractivity contribution in [1.82, 2.24) is 0 Å². The van der Waals surface area contributed by atoms with E-state index in [4.69, 9.17) is 23.2 Å². The number of alkyl halides is 2. The largest absolute Gasteiger partial charge is 0.465 e. The summed E-state index contributed by atoms with van der Waals surface area (Å²) in [5.41, 5.74) is 0. The third kappa shape index (κ3) is 5.44. The molecule has 12 heavy (non-hydrogen) atoms. The fraction of sp³-hybridized carbons (Fsp3) is 0.625. The van der Waals surface area contributed by atoms with Crippen LogP contribution in [0.3, 0.4) is 0 Å². The minimum atomic E-state index is -0.730. The molecule has 0 unspecified atom stereocenters. The highest BCUT2D eigenvalue weighted by Gasteiger charge is 2.12. The lowest BCUT2D eigenvalue weighted by molar-refractivity contribution is -0.141. The first-order chi connectivity index (χ1) is 5.57. The lowest BCUT2D eigenvalue weighted by Crippen LogP contribution is -2.15. The summed E-state index contributed by atoms with van der Waals surface area (Å²) in [6.45, 7) is 3.86. The van der Waals surface area contributed by atoms with E-state index in [1.807, 2.05) is 0 Å². The molecule has 0 aromatic heterocycles. The van der Waals surface area contributed by atoms with Gasteiger partial charge >= 0.3 is 5.97 Å². The predicted molar refractivity (Wildman–Crippen MR) is 50.7 cm³/mol. The Balaban J connectivity index is 3.86. The van der Waals surface area contributed by atoms with E-state index >= 15 is 0 Å². The molecule has 2 nitrogen and oxygen atoms in total. The van der Waals surface area contributed by atoms with Gasteiger partial charge in [0.2, 0.25) is 0 Å². The van der Waals surface area contributed by atoms with Gasteiger partial charge in [0, 0.05) is 5.38 Å². The highest BCUT2D eigenvalue weighted by atomic mass is 35.5. The number of carbonyl (C=O) groups is 1. The number of esters is 1. The van der Waals surface area contributed by atoms with Crippen molar-refractivity contribution in [3.8, 4) is 0 Å². The highest BCUT2D eigenvalue weighted by molar-refractivity contribution is 6.31. The first-order valence-corrected chi connectivity index (χ1v) is 4.58. The van der Waals surface area contributed by atoms with Crippen LogP contribution in [0.1, 0.15) is 13.8 Å². The molecule has 0 aliphatic carbocycles. The van der Waals surface area contributed by atoms with E-state index in [-0.39, 0.29) is 5.38 Å². The van der Waals surface area contributed by atoms with Crippen LogP contribution in [0.4, 0.5) is 0 Å². The minimum Gasteiger partial charge on any atom is -0.465 e. The molecule has 0 aromatic rings. The number of rotatable bonds is 4. The molecule has 0 aliphatic heterocycles. The second kappa shape index (κ2) is 6.32. The average molecular weight is 211 g/mol. The molecule has 0 amide bonds. The van der Waals surface area contributed by atoms with Gasteiger partial charge in [-0.05, 0) is 13.8 Å². The molecule has 0 rings (SSSR count). The maximum absolute atomic E-state index is 10.9. The van der Waals surface area contributed by atoms with E-state index in [2.05, 4.69) is 4.74 Å². The SMILES string of the molecule is CCOC(=O)[C@@H](Cl)/C=C/[C@@H](C)Cl. The molecule has 0 bridgehead atoms. The summed E-state index contributed by atoms with van der Waals surface area (Å²) in [4.78, 5) is 10.9. The zero-order valence-electron chi connectivity index (χ0n) is 7.09. The first-order valence-electron chi connectivity index (χ1n) is 3.71. The highest BCUT2D eigenvalue weighted by Crippen LogP contribution is 2.04. The van der Waals surface area contributed by atoms with Crippen LogP contribution in [0, 0.1) is 0 Å². The van der Waals surface area contributed by atoms with Crippen molar-refractivity contribution in [3.63, 3.8) is 0 Å². The predicted octanol–water partition coefficient (Wildman–Crippen LogP) is 2.34. The molecular weight excluding hydrogens is 199 g/mol. The maximum Gasteiger partial charge on any atom is 0.327 e. The third-order valence-corrected chi connectivity index (χ3v) is 1.53. The van der Waals surface area contributed by atoms with Crippen LogP contribution in [0.15, 0.2) is 12.2 Å². The molecule has 0 aromatic carbocycles. The summed E-state index contributed by atoms with van der Waals surface area (Å²) in [5.74, 6) is -0.437. The summed E-state index contributed by atoms with van der Waals surface area (Å²) in [6.07, 6.45) is 3.17. The second-order valence-corrected chi connectivity index (χ2v) is 3.37. The normalized spacial score (nSPS) is 16.0. The van der Waals surface area contributed by atoms with Crippen molar-refractivity contribution in [3.05, 3.63) is 12.2 Å². The van der Waals surface area contributed by atoms with E-state index in [1.165, 1.54) is 6.08 Å². The molecule has 70 valence electrons. The Morgan fingerprint density at radius 2 is 2.08 bits per heavy atom. The Kier molecular flexibility index (Phi) is 6.21. The lowest BCUT2D eigenvalue weighted by Gasteiger charge is -2.03. The van der Waals surface area contributed by atoms with E-state index in [0.717, 1.165) is 0 Å². The quantitative estimate of drug-likeness (QED) is 0.405. The first kappa shape index (κ1) is 11.8. The number of halogens is 2. The van der Waals surface area contributed by atoms with Crippen molar-refractivity contribution in [2.24, 2.45) is 0 Å². The summed E-state index contributed by atoms with van der Waals surface area (Å²) in [6, 6.07) is 0. The van der Waals surface area contributed by atoms with Gasteiger partial charge in [0.05, 0.1) is 6.61 Å². The van der Waals surface area contributed by atoms with Crippen LogP contribution in [0.25, 0.3) is 0 Å². The third-order valence-electron chi connectivity index (χ3n) is 1.06. The Labute approximate surface area is 82.5 Å². The van der Waals surface area contributed by atoms with Crippen molar-refractivity contribution >= 4 is 29.2 Å². The van der Waals surface area contributed by atoms with Gasteiger partial charge in [0.25, 0.3) is 0 Å². The number of ether oxygens (including phenoxy) is 1. The van der Waals surface area contributed by atoms with Gasteiger partial charge in [-0.1, -0.05) is 12.2 Å². The van der Waals surface area contributed by atoms with Crippen LogP contribution in [-0.2, 0) is 9.53 Å². The molecule has 4 heteroatoms. The molecule has 0 aliphatic rings. The van der Waals surface area contributed by atoms with Crippen molar-refractivity contribution in [1.29, 1.82) is 0 Å². The Hall–Kier alpha value is -0.210. The fourth-order valence-electron chi connectivity index (χ4n) is 0.551. The molecule has 2 atom stereocenters. The molecule has 0 heterocycles. The number of carbonyl (C=O) groups excluding carboxylic acids is 1. The molecule has 0 spiro atoms. The summed E-state index contributed by atoms with van der Waals surface area (Å²) < 4.78 is 4.67. The van der Waals surface area contributed by atoms with Gasteiger partial charge in [-0.2, -0.15) is 0 Å². The standard InChI is InChI=1S/C8H12Cl2O2/c1-3-12-8(11)7(10)5-4-6(2)9/h4-7H,3H2,1-2H3/b5-4+/t6-,7+/m1/s1. The van der Waals surface area contributed by atoms with E-state index in [1.54, 1.807) is 19.9 Å². The zero-order chi connectivity index (χ0) is 9.56. The summed E-state index contributed by atoms with van der Waals surface area (Å²) >= 11 is 11.2. The smallest absolute Gasteiger partial charge is 0.327 e. The number of allylic oxidation sites excluding steroid dienone is 1. The molecular formula is C8H12Cl2O2. The topological polar surface area (TPSA) is 26.3 Å². The average Bonchev–Trinajstić information content (AvgIpc) is 2.00. The molecule has 0 N–H and O–H groups in total. The van der Waals surface area contributed by atoms with E-state index in [0.29, 0.717) is 6.61 Å². The van der Waals surface area contributed by atoms with Gasteiger partial charge < -0.3 is 4.74 Å². The molecule has 0 saturated heterocycles. The second-order valence-electron chi connectivity index (χ2n) is 2.22. The van der Waals surface area contributed by atoms with Crippen LogP contribution < -0.4 is 0 Å². The van der Waals surface area contributed by atoms with Crippen LogP contribution in [-0.4, -0.2) is 23.3 Å². The van der Waals surface area contributed by atoms with Crippen molar-refractivity contribution < 1.29 is 9.53 Å². The van der Waals surface area contributed by atoms with E-state index < -0.39 is 11.3 Å². The van der Waals surface area contributed by atoms with Crippen LogP contribution in [0.2, 0.25) is 0 Å². The van der Waals surface area contributed by atoms with Gasteiger partial charge in [-0.25, -0.2) is 0 Å². The van der Waals surface area contributed by atoms with Gasteiger partial charge in [-0.3, -0.25) is 4.79 Å².